The van der Waals surface area contributed by atoms with E-state index in [1.165, 1.54) is 0 Å². The Morgan fingerprint density at radius 1 is 1.32 bits per heavy atom. The van der Waals surface area contributed by atoms with Crippen LogP contribution in [0.2, 0.25) is 0 Å². The largest absolute Gasteiger partial charge is 0.345 e. The maximum atomic E-state index is 12.4. The molecule has 0 saturated carbocycles. The first-order chi connectivity index (χ1) is 10.8. The first kappa shape index (κ1) is 23.4. The standard InChI is InChI=1S/C17H25N5O.2ClH/c1-11(2)17(5,10-18)20-16(23)14-6-7-15(19-9-14)22-13(4)8-12(3)21-22;;/h6-9,11H,10,18H2,1-5H3,(H,20,23);2*1H. The molecule has 0 aliphatic carbocycles. The van der Waals surface area contributed by atoms with E-state index in [1.54, 1.807) is 23.0 Å². The number of hydrogen-bond acceptors (Lipinski definition) is 4. The summed E-state index contributed by atoms with van der Waals surface area (Å²) in [6.07, 6.45) is 1.57. The zero-order chi connectivity index (χ0) is 17.2. The monoisotopic (exact) mass is 387 g/mol. The molecule has 0 fully saturated rings. The Morgan fingerprint density at radius 2 is 1.96 bits per heavy atom. The van der Waals surface area contributed by atoms with Gasteiger partial charge in [-0.2, -0.15) is 5.10 Å². The van der Waals surface area contributed by atoms with Crippen molar-refractivity contribution in [3.8, 4) is 5.82 Å². The molecule has 0 saturated heterocycles. The summed E-state index contributed by atoms with van der Waals surface area (Å²) in [6, 6.07) is 5.53. The first-order valence-corrected chi connectivity index (χ1v) is 7.79. The topological polar surface area (TPSA) is 85.8 Å². The van der Waals surface area contributed by atoms with Crippen molar-refractivity contribution < 1.29 is 4.79 Å². The molecule has 1 unspecified atom stereocenters. The van der Waals surface area contributed by atoms with Crippen LogP contribution >= 0.6 is 24.8 Å². The minimum atomic E-state index is -0.439. The van der Waals surface area contributed by atoms with E-state index in [4.69, 9.17) is 5.73 Å². The Labute approximate surface area is 161 Å². The van der Waals surface area contributed by atoms with Crippen molar-refractivity contribution in [3.63, 3.8) is 0 Å². The van der Waals surface area contributed by atoms with Crippen molar-refractivity contribution in [1.82, 2.24) is 20.1 Å². The maximum Gasteiger partial charge on any atom is 0.253 e. The molecule has 1 amide bonds. The van der Waals surface area contributed by atoms with Crippen molar-refractivity contribution in [2.24, 2.45) is 11.7 Å². The molecule has 2 aromatic heterocycles. The summed E-state index contributed by atoms with van der Waals surface area (Å²) in [5.74, 6) is 0.759. The highest BCUT2D eigenvalue weighted by molar-refractivity contribution is 5.94. The third-order valence-electron chi connectivity index (χ3n) is 4.33. The van der Waals surface area contributed by atoms with Gasteiger partial charge in [0, 0.05) is 18.4 Å². The van der Waals surface area contributed by atoms with Crippen LogP contribution in [0, 0.1) is 19.8 Å². The highest BCUT2D eigenvalue weighted by Crippen LogP contribution is 2.16. The van der Waals surface area contributed by atoms with Gasteiger partial charge in [-0.05, 0) is 44.9 Å². The lowest BCUT2D eigenvalue weighted by Gasteiger charge is -2.33. The first-order valence-electron chi connectivity index (χ1n) is 7.79. The van der Waals surface area contributed by atoms with Gasteiger partial charge < -0.3 is 11.1 Å². The Kier molecular flexibility index (Phi) is 8.58. The summed E-state index contributed by atoms with van der Waals surface area (Å²) in [6.45, 7) is 10.3. The number of nitrogens with one attached hydrogen (secondary N) is 1. The molecule has 0 aromatic carbocycles. The smallest absolute Gasteiger partial charge is 0.253 e. The van der Waals surface area contributed by atoms with Gasteiger partial charge in [-0.25, -0.2) is 9.67 Å². The second-order valence-corrected chi connectivity index (χ2v) is 6.47. The van der Waals surface area contributed by atoms with E-state index in [9.17, 15) is 4.79 Å². The van der Waals surface area contributed by atoms with Crippen LogP contribution in [0.3, 0.4) is 0 Å². The number of pyridine rings is 1. The molecule has 140 valence electrons. The third kappa shape index (κ3) is 5.17. The van der Waals surface area contributed by atoms with Crippen molar-refractivity contribution in [2.75, 3.05) is 6.54 Å². The fourth-order valence-electron chi connectivity index (χ4n) is 2.27. The molecule has 0 aliphatic heterocycles. The van der Waals surface area contributed by atoms with Crippen LogP contribution in [0.5, 0.6) is 0 Å². The molecule has 0 bridgehead atoms. The predicted octanol–water partition coefficient (Wildman–Crippen LogP) is 2.83. The van der Waals surface area contributed by atoms with Gasteiger partial charge in [0.1, 0.15) is 0 Å². The predicted molar refractivity (Wildman–Crippen MR) is 105 cm³/mol. The molecule has 0 spiro atoms. The zero-order valence-corrected chi connectivity index (χ0v) is 16.9. The second kappa shape index (κ2) is 9.17. The summed E-state index contributed by atoms with van der Waals surface area (Å²) in [7, 11) is 0. The number of nitrogens with two attached hydrogens (primary N) is 1. The van der Waals surface area contributed by atoms with Gasteiger partial charge in [0.25, 0.3) is 5.91 Å². The molecule has 2 heterocycles. The highest BCUT2D eigenvalue weighted by Gasteiger charge is 2.29. The molecule has 8 heteroatoms. The highest BCUT2D eigenvalue weighted by atomic mass is 35.5. The lowest BCUT2D eigenvalue weighted by molar-refractivity contribution is 0.0883. The molecule has 0 radical (unpaired) electrons. The van der Waals surface area contributed by atoms with E-state index in [0.717, 1.165) is 11.4 Å². The summed E-state index contributed by atoms with van der Waals surface area (Å²) in [5, 5.41) is 7.40. The molecular weight excluding hydrogens is 361 g/mol. The summed E-state index contributed by atoms with van der Waals surface area (Å²) in [5.41, 5.74) is 7.82. The third-order valence-corrected chi connectivity index (χ3v) is 4.33. The molecule has 3 N–H and O–H groups in total. The second-order valence-electron chi connectivity index (χ2n) is 6.47. The molecule has 1 atom stereocenters. The Hall–Kier alpha value is -1.63. The summed E-state index contributed by atoms with van der Waals surface area (Å²) in [4.78, 5) is 16.8. The van der Waals surface area contributed by atoms with Crippen LogP contribution in [-0.4, -0.2) is 32.8 Å². The van der Waals surface area contributed by atoms with Crippen LogP contribution in [0.25, 0.3) is 5.82 Å². The normalized spacial score (nSPS) is 12.8. The number of aromatic nitrogens is 3. The molecule has 6 nitrogen and oxygen atoms in total. The fraction of sp³-hybridized carbons (Fsp3) is 0.471. The van der Waals surface area contributed by atoms with E-state index >= 15 is 0 Å². The number of hydrogen-bond donors (Lipinski definition) is 2. The van der Waals surface area contributed by atoms with Crippen LogP contribution in [-0.2, 0) is 0 Å². The van der Waals surface area contributed by atoms with E-state index in [1.807, 2.05) is 40.7 Å². The number of amides is 1. The van der Waals surface area contributed by atoms with Crippen LogP contribution in [0.15, 0.2) is 24.4 Å². The van der Waals surface area contributed by atoms with Gasteiger partial charge in [0.15, 0.2) is 5.82 Å². The van der Waals surface area contributed by atoms with Crippen molar-refractivity contribution in [3.05, 3.63) is 41.3 Å². The number of halogens is 2. The molecule has 25 heavy (non-hydrogen) atoms. The van der Waals surface area contributed by atoms with E-state index in [2.05, 4.69) is 15.4 Å². The zero-order valence-electron chi connectivity index (χ0n) is 15.2. The van der Waals surface area contributed by atoms with Crippen molar-refractivity contribution in [1.29, 1.82) is 0 Å². The van der Waals surface area contributed by atoms with Crippen molar-refractivity contribution in [2.45, 2.75) is 40.2 Å². The molecule has 2 rings (SSSR count). The average Bonchev–Trinajstić information content (AvgIpc) is 2.85. The Bertz CT molecular complexity index is 700. The molecule has 2 aromatic rings. The quantitative estimate of drug-likeness (QED) is 0.825. The Balaban J connectivity index is 0.00000288. The maximum absolute atomic E-state index is 12.4. The number of aryl methyl sites for hydroxylation is 2. The van der Waals surface area contributed by atoms with E-state index < -0.39 is 5.54 Å². The van der Waals surface area contributed by atoms with Gasteiger partial charge >= 0.3 is 0 Å². The van der Waals surface area contributed by atoms with Gasteiger partial charge in [-0.15, -0.1) is 24.8 Å². The van der Waals surface area contributed by atoms with Crippen LogP contribution < -0.4 is 11.1 Å². The van der Waals surface area contributed by atoms with Gasteiger partial charge in [-0.3, -0.25) is 4.79 Å². The molecule has 0 aliphatic rings. The number of carbonyl (C=O) groups excluding carboxylic acids is 1. The van der Waals surface area contributed by atoms with Gasteiger partial charge in [-0.1, -0.05) is 13.8 Å². The Morgan fingerprint density at radius 3 is 2.36 bits per heavy atom. The summed E-state index contributed by atoms with van der Waals surface area (Å²) < 4.78 is 1.76. The number of rotatable bonds is 5. The minimum Gasteiger partial charge on any atom is -0.345 e. The fourth-order valence-corrected chi connectivity index (χ4v) is 2.27. The molecular formula is C17H27Cl2N5O. The van der Waals surface area contributed by atoms with Gasteiger partial charge in [0.05, 0.1) is 16.8 Å². The summed E-state index contributed by atoms with van der Waals surface area (Å²) >= 11 is 0. The number of carbonyl (C=O) groups is 1. The van der Waals surface area contributed by atoms with E-state index in [-0.39, 0.29) is 36.6 Å². The van der Waals surface area contributed by atoms with Crippen molar-refractivity contribution >= 4 is 30.7 Å². The van der Waals surface area contributed by atoms with Crippen LogP contribution in [0.1, 0.15) is 42.5 Å². The van der Waals surface area contributed by atoms with Gasteiger partial charge in [0.2, 0.25) is 0 Å². The minimum absolute atomic E-state index is 0. The lowest BCUT2D eigenvalue weighted by Crippen LogP contribution is -2.55. The lowest BCUT2D eigenvalue weighted by atomic mass is 9.88. The number of nitrogens with zero attached hydrogens (tertiary/aromatic N) is 3. The average molecular weight is 388 g/mol. The van der Waals surface area contributed by atoms with E-state index in [0.29, 0.717) is 17.9 Å². The van der Waals surface area contributed by atoms with Crippen LogP contribution in [0.4, 0.5) is 0 Å². The SMILES string of the molecule is Cc1cc(C)n(-c2ccc(C(=O)NC(C)(CN)C(C)C)cn2)n1.Cl.Cl.